The zero-order valence-electron chi connectivity index (χ0n) is 13.4. The number of benzene rings is 1. The van der Waals surface area contributed by atoms with Gasteiger partial charge in [-0.05, 0) is 31.5 Å². The van der Waals surface area contributed by atoms with Gasteiger partial charge in [-0.15, -0.1) is 0 Å². The molecular weight excluding hydrogens is 328 g/mol. The number of halogens is 1. The van der Waals surface area contributed by atoms with Crippen molar-refractivity contribution in [3.8, 4) is 0 Å². The largest absolute Gasteiger partial charge is 0.369 e. The molecule has 3 rings (SSSR count). The Kier molecular flexibility index (Phi) is 4.61. The van der Waals surface area contributed by atoms with Crippen molar-refractivity contribution in [2.75, 3.05) is 17.2 Å². The van der Waals surface area contributed by atoms with Gasteiger partial charge in [0.15, 0.2) is 0 Å². The number of amides is 1. The molecule has 0 spiro atoms. The van der Waals surface area contributed by atoms with Gasteiger partial charge in [0.1, 0.15) is 12.1 Å². The van der Waals surface area contributed by atoms with E-state index in [9.17, 15) is 4.79 Å². The Hall–Kier alpha value is -2.67. The first-order valence-electron chi connectivity index (χ1n) is 7.51. The topological polar surface area (TPSA) is 84.2 Å². The van der Waals surface area contributed by atoms with Gasteiger partial charge in [0.2, 0.25) is 5.91 Å². The number of carbonyl (C=O) groups excluding carboxylic acids is 1. The molecule has 24 heavy (non-hydrogen) atoms. The highest BCUT2D eigenvalue weighted by molar-refractivity contribution is 6.31. The third-order valence-electron chi connectivity index (χ3n) is 3.58. The molecule has 0 atom stereocenters. The summed E-state index contributed by atoms with van der Waals surface area (Å²) in [6.07, 6.45) is 1.76. The highest BCUT2D eigenvalue weighted by Gasteiger charge is 2.08. The summed E-state index contributed by atoms with van der Waals surface area (Å²) < 4.78 is 1.60. The first-order valence-corrected chi connectivity index (χ1v) is 7.88. The normalized spacial score (nSPS) is 10.8. The van der Waals surface area contributed by atoms with Gasteiger partial charge in [-0.25, -0.2) is 4.98 Å². The first-order chi connectivity index (χ1) is 11.5. The van der Waals surface area contributed by atoms with Crippen LogP contribution in [0.4, 0.5) is 11.5 Å². The summed E-state index contributed by atoms with van der Waals surface area (Å²) in [4.78, 5) is 20.4. The van der Waals surface area contributed by atoms with Gasteiger partial charge in [0.05, 0.1) is 0 Å². The number of anilines is 2. The van der Waals surface area contributed by atoms with Crippen LogP contribution in [0.5, 0.6) is 0 Å². The highest BCUT2D eigenvalue weighted by Crippen LogP contribution is 2.23. The number of nitrogens with zero attached hydrogens (tertiary/aromatic N) is 4. The van der Waals surface area contributed by atoms with Gasteiger partial charge in [0.25, 0.3) is 5.78 Å². The van der Waals surface area contributed by atoms with Crippen molar-refractivity contribution >= 4 is 34.8 Å². The monoisotopic (exact) mass is 344 g/mol. The minimum Gasteiger partial charge on any atom is -0.369 e. The lowest BCUT2D eigenvalue weighted by atomic mass is 10.2. The summed E-state index contributed by atoms with van der Waals surface area (Å²) in [5, 5.41) is 10.8. The molecule has 3 aromatic rings. The molecule has 0 saturated carbocycles. The number of hydrogen-bond donors (Lipinski definition) is 2. The minimum atomic E-state index is -0.0894. The van der Waals surface area contributed by atoms with Crippen LogP contribution in [-0.2, 0) is 4.79 Å². The molecular formula is C16H17ClN6O. The van der Waals surface area contributed by atoms with Gasteiger partial charge < -0.3 is 10.6 Å². The third kappa shape index (κ3) is 3.46. The second-order valence-electron chi connectivity index (χ2n) is 5.39. The van der Waals surface area contributed by atoms with Crippen molar-refractivity contribution in [2.24, 2.45) is 0 Å². The fraction of sp³-hybridized carbons (Fsp3) is 0.250. The lowest BCUT2D eigenvalue weighted by Crippen LogP contribution is -2.18. The molecule has 0 aliphatic carbocycles. The molecule has 0 bridgehead atoms. The Morgan fingerprint density at radius 3 is 3.00 bits per heavy atom. The van der Waals surface area contributed by atoms with Crippen LogP contribution in [0.2, 0.25) is 5.02 Å². The van der Waals surface area contributed by atoms with E-state index < -0.39 is 0 Å². The van der Waals surface area contributed by atoms with Gasteiger partial charge >= 0.3 is 0 Å². The Morgan fingerprint density at radius 1 is 1.33 bits per heavy atom. The fourth-order valence-corrected chi connectivity index (χ4v) is 2.49. The minimum absolute atomic E-state index is 0.0894. The molecule has 0 unspecified atom stereocenters. The number of hydrogen-bond acceptors (Lipinski definition) is 5. The van der Waals surface area contributed by atoms with Crippen molar-refractivity contribution in [1.29, 1.82) is 0 Å². The molecule has 124 valence electrons. The highest BCUT2D eigenvalue weighted by atomic mass is 35.5. The van der Waals surface area contributed by atoms with E-state index in [1.807, 2.05) is 32.0 Å². The van der Waals surface area contributed by atoms with E-state index in [0.717, 1.165) is 22.8 Å². The zero-order valence-corrected chi connectivity index (χ0v) is 14.1. The summed E-state index contributed by atoms with van der Waals surface area (Å²) in [7, 11) is 0. The predicted molar refractivity (Wildman–Crippen MR) is 93.4 cm³/mol. The molecule has 1 amide bonds. The molecule has 0 aliphatic rings. The SMILES string of the molecule is Cc1cc(NCCC(=O)Nc2cccc(Cl)c2C)n2ncnc2n1. The second-order valence-corrected chi connectivity index (χ2v) is 5.80. The van der Waals surface area contributed by atoms with Crippen LogP contribution >= 0.6 is 11.6 Å². The molecule has 0 radical (unpaired) electrons. The molecule has 0 saturated heterocycles. The maximum Gasteiger partial charge on any atom is 0.254 e. The number of fused-ring (bicyclic) bond motifs is 1. The van der Waals surface area contributed by atoms with E-state index in [1.165, 1.54) is 6.33 Å². The smallest absolute Gasteiger partial charge is 0.254 e. The summed E-state index contributed by atoms with van der Waals surface area (Å²) in [6, 6.07) is 7.30. The van der Waals surface area contributed by atoms with E-state index in [4.69, 9.17) is 11.6 Å². The van der Waals surface area contributed by atoms with Gasteiger partial charge in [-0.1, -0.05) is 17.7 Å². The predicted octanol–water partition coefficient (Wildman–Crippen LogP) is 2.84. The van der Waals surface area contributed by atoms with E-state index in [0.29, 0.717) is 23.8 Å². The van der Waals surface area contributed by atoms with Crippen LogP contribution in [-0.4, -0.2) is 32.0 Å². The van der Waals surface area contributed by atoms with Crippen molar-refractivity contribution in [3.63, 3.8) is 0 Å². The Bertz CT molecular complexity index is 891. The Morgan fingerprint density at radius 2 is 2.17 bits per heavy atom. The van der Waals surface area contributed by atoms with Gasteiger partial charge in [0, 0.05) is 35.4 Å². The van der Waals surface area contributed by atoms with Crippen molar-refractivity contribution in [2.45, 2.75) is 20.3 Å². The molecule has 0 aliphatic heterocycles. The molecule has 2 aromatic heterocycles. The maximum atomic E-state index is 12.1. The Labute approximate surface area is 144 Å². The second kappa shape index (κ2) is 6.84. The summed E-state index contributed by atoms with van der Waals surface area (Å²) in [5.74, 6) is 1.19. The first kappa shape index (κ1) is 16.2. The van der Waals surface area contributed by atoms with E-state index in [2.05, 4.69) is 25.7 Å². The van der Waals surface area contributed by atoms with Crippen LogP contribution in [0.15, 0.2) is 30.6 Å². The number of aryl methyl sites for hydroxylation is 1. The summed E-state index contributed by atoms with van der Waals surface area (Å²) in [6.45, 7) is 4.22. The van der Waals surface area contributed by atoms with Crippen LogP contribution in [0.1, 0.15) is 17.7 Å². The average molecular weight is 345 g/mol. The summed E-state index contributed by atoms with van der Waals surface area (Å²) in [5.41, 5.74) is 2.41. The number of carbonyl (C=O) groups is 1. The number of nitrogens with one attached hydrogen (secondary N) is 2. The molecule has 7 nitrogen and oxygen atoms in total. The lowest BCUT2D eigenvalue weighted by molar-refractivity contribution is -0.115. The van der Waals surface area contributed by atoms with Crippen molar-refractivity contribution < 1.29 is 4.79 Å². The van der Waals surface area contributed by atoms with Crippen molar-refractivity contribution in [3.05, 3.63) is 46.9 Å². The molecule has 2 heterocycles. The number of aromatic nitrogens is 4. The van der Waals surface area contributed by atoms with Gasteiger partial charge in [-0.3, -0.25) is 4.79 Å². The summed E-state index contributed by atoms with van der Waals surface area (Å²) >= 11 is 6.06. The molecule has 1 aromatic carbocycles. The van der Waals surface area contributed by atoms with Crippen LogP contribution in [0.25, 0.3) is 5.78 Å². The zero-order chi connectivity index (χ0) is 17.1. The Balaban J connectivity index is 1.60. The molecule has 0 fully saturated rings. The van der Waals surface area contributed by atoms with Crippen molar-refractivity contribution in [1.82, 2.24) is 19.6 Å². The van der Waals surface area contributed by atoms with E-state index in [-0.39, 0.29) is 5.91 Å². The average Bonchev–Trinajstić information content (AvgIpc) is 3.00. The van der Waals surface area contributed by atoms with Gasteiger partial charge in [-0.2, -0.15) is 14.6 Å². The maximum absolute atomic E-state index is 12.1. The van der Waals surface area contributed by atoms with E-state index >= 15 is 0 Å². The third-order valence-corrected chi connectivity index (χ3v) is 3.99. The standard InChI is InChI=1S/C16H17ClN6O/c1-10-8-14(23-16(21-10)19-9-20-23)18-7-6-15(24)22-13-5-3-4-12(17)11(13)2/h3-5,8-9,18H,6-7H2,1-2H3,(H,22,24). The van der Waals surface area contributed by atoms with Crippen LogP contribution in [0, 0.1) is 13.8 Å². The number of rotatable bonds is 5. The van der Waals surface area contributed by atoms with Crippen LogP contribution < -0.4 is 10.6 Å². The quantitative estimate of drug-likeness (QED) is 0.743. The van der Waals surface area contributed by atoms with E-state index in [1.54, 1.807) is 10.6 Å². The molecule has 2 N–H and O–H groups in total. The lowest BCUT2D eigenvalue weighted by Gasteiger charge is -2.11. The van der Waals surface area contributed by atoms with Crippen LogP contribution in [0.3, 0.4) is 0 Å². The molecule has 8 heteroatoms. The fourth-order valence-electron chi connectivity index (χ4n) is 2.32.